The van der Waals surface area contributed by atoms with Gasteiger partial charge in [-0.05, 0) is 79.0 Å². The molecule has 2 aromatic rings. The van der Waals surface area contributed by atoms with E-state index in [0.717, 1.165) is 0 Å². The van der Waals surface area contributed by atoms with Gasteiger partial charge in [0.15, 0.2) is 0 Å². The lowest BCUT2D eigenvalue weighted by molar-refractivity contribution is 0.682. The number of benzene rings is 2. The maximum atomic E-state index is 3.83. The van der Waals surface area contributed by atoms with Crippen LogP contribution >= 0.6 is 15.9 Å². The smallest absolute Gasteiger partial charge is 0.0519 e. The van der Waals surface area contributed by atoms with Gasteiger partial charge in [0.25, 0.3) is 0 Å². The summed E-state index contributed by atoms with van der Waals surface area (Å²) in [5.74, 6) is 0. The van der Waals surface area contributed by atoms with Crippen molar-refractivity contribution < 1.29 is 0 Å². The van der Waals surface area contributed by atoms with Crippen molar-refractivity contribution in [3.63, 3.8) is 0 Å². The number of anilines is 1. The van der Waals surface area contributed by atoms with Crippen LogP contribution in [0, 0.1) is 0 Å². The molecule has 4 rings (SSSR count). The van der Waals surface area contributed by atoms with Crippen LogP contribution in [0.25, 0.3) is 0 Å². The molecule has 0 aromatic heterocycles. The lowest BCUT2D eigenvalue weighted by Gasteiger charge is -2.23. The summed E-state index contributed by atoms with van der Waals surface area (Å²) >= 11 is 3.58. The van der Waals surface area contributed by atoms with Crippen molar-refractivity contribution in [3.8, 4) is 0 Å². The Kier molecular flexibility index (Phi) is 3.50. The van der Waals surface area contributed by atoms with Crippen molar-refractivity contribution in [1.29, 1.82) is 0 Å². The molecule has 21 heavy (non-hydrogen) atoms. The standard InChI is InChI=1S/C19H20BrN/c20-15-9-10-17-14(12-15)8-11-19(17)21-18-7-3-5-13-4-1-2-6-16(13)18/h3,5,7,9-10,12,19,21H,1-2,4,6,8,11H2. The zero-order valence-electron chi connectivity index (χ0n) is 12.2. The Hall–Kier alpha value is -1.28. The highest BCUT2D eigenvalue weighted by Crippen LogP contribution is 2.37. The van der Waals surface area contributed by atoms with Crippen molar-refractivity contribution in [2.24, 2.45) is 0 Å². The molecular formula is C19H20BrN. The average molecular weight is 342 g/mol. The quantitative estimate of drug-likeness (QED) is 0.768. The van der Waals surface area contributed by atoms with Crippen LogP contribution < -0.4 is 5.32 Å². The van der Waals surface area contributed by atoms with Gasteiger partial charge in [0.05, 0.1) is 6.04 Å². The summed E-state index contributed by atoms with van der Waals surface area (Å²) in [6, 6.07) is 14.0. The first-order valence-corrected chi connectivity index (χ1v) is 8.76. The summed E-state index contributed by atoms with van der Waals surface area (Å²) in [6.45, 7) is 0. The Bertz CT molecular complexity index is 677. The molecule has 0 heterocycles. The number of aryl methyl sites for hydroxylation is 2. The summed E-state index contributed by atoms with van der Waals surface area (Å²) in [6.07, 6.45) is 7.55. The Morgan fingerprint density at radius 1 is 0.952 bits per heavy atom. The highest BCUT2D eigenvalue weighted by Gasteiger charge is 2.23. The third kappa shape index (κ3) is 2.50. The molecule has 2 heteroatoms. The predicted molar refractivity (Wildman–Crippen MR) is 91.9 cm³/mol. The second kappa shape index (κ2) is 5.49. The minimum atomic E-state index is 0.474. The summed E-state index contributed by atoms with van der Waals surface area (Å²) < 4.78 is 1.19. The van der Waals surface area contributed by atoms with Gasteiger partial charge in [-0.2, -0.15) is 0 Å². The van der Waals surface area contributed by atoms with Gasteiger partial charge in [-0.3, -0.25) is 0 Å². The largest absolute Gasteiger partial charge is 0.378 e. The van der Waals surface area contributed by atoms with Crippen LogP contribution in [-0.2, 0) is 19.3 Å². The predicted octanol–water partition coefficient (Wildman–Crippen LogP) is 5.43. The molecule has 1 N–H and O–H groups in total. The highest BCUT2D eigenvalue weighted by atomic mass is 79.9. The molecule has 0 spiro atoms. The van der Waals surface area contributed by atoms with E-state index in [0.29, 0.717) is 6.04 Å². The Morgan fingerprint density at radius 2 is 1.86 bits per heavy atom. The van der Waals surface area contributed by atoms with E-state index in [-0.39, 0.29) is 0 Å². The van der Waals surface area contributed by atoms with E-state index in [4.69, 9.17) is 0 Å². The second-order valence-corrected chi connectivity index (χ2v) is 7.14. The first-order valence-electron chi connectivity index (χ1n) is 7.97. The van der Waals surface area contributed by atoms with E-state index in [1.54, 1.807) is 11.1 Å². The van der Waals surface area contributed by atoms with Crippen LogP contribution in [0.4, 0.5) is 5.69 Å². The molecule has 2 aliphatic carbocycles. The van der Waals surface area contributed by atoms with E-state index in [9.17, 15) is 0 Å². The van der Waals surface area contributed by atoms with E-state index in [1.807, 2.05) is 0 Å². The normalized spacial score (nSPS) is 20.0. The Labute approximate surface area is 134 Å². The molecule has 0 fully saturated rings. The Balaban J connectivity index is 1.64. The van der Waals surface area contributed by atoms with Crippen molar-refractivity contribution in [1.82, 2.24) is 0 Å². The molecule has 1 nitrogen and oxygen atoms in total. The number of halogens is 1. The molecule has 1 unspecified atom stereocenters. The third-order valence-electron chi connectivity index (χ3n) is 4.91. The van der Waals surface area contributed by atoms with Crippen LogP contribution in [-0.4, -0.2) is 0 Å². The number of hydrogen-bond donors (Lipinski definition) is 1. The van der Waals surface area contributed by atoms with Crippen molar-refractivity contribution in [2.45, 2.75) is 44.6 Å². The molecule has 2 aromatic carbocycles. The minimum absolute atomic E-state index is 0.474. The molecule has 0 bridgehead atoms. The van der Waals surface area contributed by atoms with Gasteiger partial charge in [0, 0.05) is 10.2 Å². The van der Waals surface area contributed by atoms with Gasteiger partial charge in [-0.15, -0.1) is 0 Å². The van der Waals surface area contributed by atoms with E-state index in [2.05, 4.69) is 57.6 Å². The van der Waals surface area contributed by atoms with Crippen LogP contribution in [0.3, 0.4) is 0 Å². The maximum Gasteiger partial charge on any atom is 0.0519 e. The summed E-state index contributed by atoms with van der Waals surface area (Å²) in [5, 5.41) is 3.83. The topological polar surface area (TPSA) is 12.0 Å². The average Bonchev–Trinajstić information content (AvgIpc) is 2.90. The number of nitrogens with one attached hydrogen (secondary N) is 1. The lowest BCUT2D eigenvalue weighted by atomic mass is 9.90. The van der Waals surface area contributed by atoms with Gasteiger partial charge in [0.1, 0.15) is 0 Å². The van der Waals surface area contributed by atoms with E-state index < -0.39 is 0 Å². The fourth-order valence-electron chi connectivity index (χ4n) is 3.84. The molecule has 2 aliphatic rings. The van der Waals surface area contributed by atoms with Gasteiger partial charge in [-0.25, -0.2) is 0 Å². The molecule has 0 radical (unpaired) electrons. The molecule has 0 saturated carbocycles. The summed E-state index contributed by atoms with van der Waals surface area (Å²) in [7, 11) is 0. The minimum Gasteiger partial charge on any atom is -0.378 e. The zero-order valence-corrected chi connectivity index (χ0v) is 13.7. The molecular weight excluding hydrogens is 322 g/mol. The monoisotopic (exact) mass is 341 g/mol. The first-order chi connectivity index (χ1) is 10.3. The number of hydrogen-bond acceptors (Lipinski definition) is 1. The van der Waals surface area contributed by atoms with Crippen molar-refractivity contribution in [2.75, 3.05) is 5.32 Å². The summed E-state index contributed by atoms with van der Waals surface area (Å²) in [5.41, 5.74) is 7.46. The first kappa shape index (κ1) is 13.4. The summed E-state index contributed by atoms with van der Waals surface area (Å²) in [4.78, 5) is 0. The molecule has 1 atom stereocenters. The zero-order chi connectivity index (χ0) is 14.2. The number of fused-ring (bicyclic) bond motifs is 2. The molecule has 108 valence electrons. The van der Waals surface area contributed by atoms with E-state index >= 15 is 0 Å². The molecule has 0 saturated heterocycles. The maximum absolute atomic E-state index is 3.83. The van der Waals surface area contributed by atoms with Crippen LogP contribution in [0.1, 0.15) is 47.6 Å². The van der Waals surface area contributed by atoms with Gasteiger partial charge in [0.2, 0.25) is 0 Å². The van der Waals surface area contributed by atoms with Crippen molar-refractivity contribution >= 4 is 21.6 Å². The lowest BCUT2D eigenvalue weighted by Crippen LogP contribution is -2.12. The fourth-order valence-corrected chi connectivity index (χ4v) is 4.25. The molecule has 0 amide bonds. The second-order valence-electron chi connectivity index (χ2n) is 6.23. The van der Waals surface area contributed by atoms with Gasteiger partial charge in [-0.1, -0.05) is 34.1 Å². The molecule has 0 aliphatic heterocycles. The van der Waals surface area contributed by atoms with E-state index in [1.165, 1.54) is 59.8 Å². The SMILES string of the molecule is Brc1ccc2c(c1)CCC2Nc1cccc2c1CCCC2. The van der Waals surface area contributed by atoms with Gasteiger partial charge >= 0.3 is 0 Å². The highest BCUT2D eigenvalue weighted by molar-refractivity contribution is 9.10. The van der Waals surface area contributed by atoms with Gasteiger partial charge < -0.3 is 5.32 Å². The number of rotatable bonds is 2. The Morgan fingerprint density at radius 3 is 2.81 bits per heavy atom. The van der Waals surface area contributed by atoms with Crippen LogP contribution in [0.5, 0.6) is 0 Å². The third-order valence-corrected chi connectivity index (χ3v) is 5.40. The van der Waals surface area contributed by atoms with Crippen LogP contribution in [0.2, 0.25) is 0 Å². The fraction of sp³-hybridized carbons (Fsp3) is 0.368. The van der Waals surface area contributed by atoms with Crippen LogP contribution in [0.15, 0.2) is 40.9 Å². The van der Waals surface area contributed by atoms with Crippen molar-refractivity contribution in [3.05, 3.63) is 63.1 Å².